The summed E-state index contributed by atoms with van der Waals surface area (Å²) in [7, 11) is 1.71. The van der Waals surface area contributed by atoms with Gasteiger partial charge in [0.05, 0.1) is 16.7 Å². The normalized spacial score (nSPS) is 10.8. The summed E-state index contributed by atoms with van der Waals surface area (Å²) >= 11 is 3.46. The third-order valence-corrected chi connectivity index (χ3v) is 4.97. The van der Waals surface area contributed by atoms with Crippen LogP contribution in [0.2, 0.25) is 0 Å². The van der Waals surface area contributed by atoms with Crippen molar-refractivity contribution in [2.45, 2.75) is 26.6 Å². The molecule has 0 unspecified atom stereocenters. The molecule has 0 bridgehead atoms. The van der Waals surface area contributed by atoms with E-state index in [-0.39, 0.29) is 18.3 Å². The fraction of sp³-hybridized carbons (Fsp3) is 0.238. The number of aryl methyl sites for hydroxylation is 1. The Bertz CT molecular complexity index is 1020. The maximum atomic E-state index is 13.7. The van der Waals surface area contributed by atoms with Gasteiger partial charge >= 0.3 is 0 Å². The first-order chi connectivity index (χ1) is 13.9. The average molecular weight is 464 g/mol. The summed E-state index contributed by atoms with van der Waals surface area (Å²) < 4.78 is 34.7. The van der Waals surface area contributed by atoms with Gasteiger partial charge in [-0.2, -0.15) is 5.10 Å². The van der Waals surface area contributed by atoms with E-state index in [9.17, 15) is 13.6 Å². The number of nitrogens with zero attached hydrogens (tertiary/aromatic N) is 3. The molecule has 0 aliphatic rings. The predicted octanol–water partition coefficient (Wildman–Crippen LogP) is 4.79. The zero-order valence-electron chi connectivity index (χ0n) is 16.0. The second-order valence-corrected chi connectivity index (χ2v) is 7.36. The van der Waals surface area contributed by atoms with Crippen LogP contribution < -0.4 is 4.74 Å². The topological polar surface area (TPSA) is 47.4 Å². The largest absolute Gasteiger partial charge is 0.486 e. The van der Waals surface area contributed by atoms with E-state index in [2.05, 4.69) is 21.0 Å². The van der Waals surface area contributed by atoms with Crippen LogP contribution in [0.15, 0.2) is 53.1 Å². The first kappa shape index (κ1) is 21.0. The summed E-state index contributed by atoms with van der Waals surface area (Å²) in [5.41, 5.74) is 1.96. The number of benzene rings is 2. The van der Waals surface area contributed by atoms with E-state index in [0.29, 0.717) is 17.7 Å². The Morgan fingerprint density at radius 2 is 2.03 bits per heavy atom. The highest BCUT2D eigenvalue weighted by molar-refractivity contribution is 9.10. The molecule has 1 amide bonds. The van der Waals surface area contributed by atoms with E-state index in [1.807, 2.05) is 13.1 Å². The SMILES string of the molecule is CCn1cc(Br)c(CN(C)C(=O)c2cccc(COc3ccc(F)cc3F)c2)n1. The Kier molecular flexibility index (Phi) is 6.64. The van der Waals surface area contributed by atoms with Gasteiger partial charge in [0.15, 0.2) is 11.6 Å². The number of carbonyl (C=O) groups excluding carboxylic acids is 1. The van der Waals surface area contributed by atoms with Crippen LogP contribution in [0.3, 0.4) is 0 Å². The quantitative estimate of drug-likeness (QED) is 0.505. The average Bonchev–Trinajstić information content (AvgIpc) is 3.06. The molecule has 0 saturated heterocycles. The van der Waals surface area contributed by atoms with Gasteiger partial charge < -0.3 is 9.64 Å². The fourth-order valence-electron chi connectivity index (χ4n) is 2.77. The number of rotatable bonds is 7. The molecule has 3 aromatic rings. The summed E-state index contributed by atoms with van der Waals surface area (Å²) in [6.07, 6.45) is 1.88. The summed E-state index contributed by atoms with van der Waals surface area (Å²) in [6.45, 7) is 3.14. The zero-order valence-corrected chi connectivity index (χ0v) is 17.6. The summed E-state index contributed by atoms with van der Waals surface area (Å²) in [5, 5.41) is 4.43. The van der Waals surface area contributed by atoms with Crippen molar-refractivity contribution in [2.24, 2.45) is 0 Å². The lowest BCUT2D eigenvalue weighted by atomic mass is 10.1. The van der Waals surface area contributed by atoms with E-state index in [0.717, 1.165) is 28.8 Å². The number of ether oxygens (including phenoxy) is 1. The van der Waals surface area contributed by atoms with E-state index in [1.54, 1.807) is 40.9 Å². The maximum absolute atomic E-state index is 13.7. The van der Waals surface area contributed by atoms with Crippen LogP contribution in [0.25, 0.3) is 0 Å². The fourth-order valence-corrected chi connectivity index (χ4v) is 3.21. The molecular weight excluding hydrogens is 444 g/mol. The highest BCUT2D eigenvalue weighted by Crippen LogP contribution is 2.20. The van der Waals surface area contributed by atoms with Crippen LogP contribution in [0.4, 0.5) is 8.78 Å². The van der Waals surface area contributed by atoms with Crippen molar-refractivity contribution in [3.8, 4) is 5.75 Å². The van der Waals surface area contributed by atoms with E-state index >= 15 is 0 Å². The van der Waals surface area contributed by atoms with Gasteiger partial charge in [-0.25, -0.2) is 8.78 Å². The number of hydrogen-bond acceptors (Lipinski definition) is 3. The second-order valence-electron chi connectivity index (χ2n) is 6.50. The molecular formula is C21H20BrF2N3O2. The molecule has 0 saturated carbocycles. The molecule has 0 fully saturated rings. The third-order valence-electron chi connectivity index (χ3n) is 4.31. The molecule has 29 heavy (non-hydrogen) atoms. The Morgan fingerprint density at radius 3 is 2.72 bits per heavy atom. The monoisotopic (exact) mass is 463 g/mol. The maximum Gasteiger partial charge on any atom is 0.253 e. The van der Waals surface area contributed by atoms with Crippen LogP contribution in [-0.2, 0) is 19.7 Å². The minimum absolute atomic E-state index is 0.0448. The van der Waals surface area contributed by atoms with E-state index in [4.69, 9.17) is 4.74 Å². The lowest BCUT2D eigenvalue weighted by Crippen LogP contribution is -2.26. The highest BCUT2D eigenvalue weighted by Gasteiger charge is 2.16. The van der Waals surface area contributed by atoms with Crippen molar-refractivity contribution in [1.29, 1.82) is 0 Å². The van der Waals surface area contributed by atoms with Gasteiger partial charge in [0.2, 0.25) is 0 Å². The zero-order chi connectivity index (χ0) is 21.0. The number of amides is 1. The van der Waals surface area contributed by atoms with Crippen molar-refractivity contribution in [3.63, 3.8) is 0 Å². The van der Waals surface area contributed by atoms with Gasteiger partial charge in [-0.3, -0.25) is 9.48 Å². The van der Waals surface area contributed by atoms with Crippen LogP contribution in [0, 0.1) is 11.6 Å². The molecule has 5 nitrogen and oxygen atoms in total. The molecule has 0 N–H and O–H groups in total. The van der Waals surface area contributed by atoms with Crippen molar-refractivity contribution < 1.29 is 18.3 Å². The minimum Gasteiger partial charge on any atom is -0.486 e. The van der Waals surface area contributed by atoms with Crippen molar-refractivity contribution in [2.75, 3.05) is 7.05 Å². The molecule has 1 heterocycles. The summed E-state index contributed by atoms with van der Waals surface area (Å²) in [4.78, 5) is 14.4. The number of aromatic nitrogens is 2. The Hall–Kier alpha value is -2.74. The molecule has 0 radical (unpaired) electrons. The van der Waals surface area contributed by atoms with Gasteiger partial charge in [-0.15, -0.1) is 0 Å². The lowest BCUT2D eigenvalue weighted by Gasteiger charge is -2.17. The Balaban J connectivity index is 1.67. The van der Waals surface area contributed by atoms with Gasteiger partial charge in [0.25, 0.3) is 5.91 Å². The van der Waals surface area contributed by atoms with Crippen LogP contribution in [-0.4, -0.2) is 27.6 Å². The smallest absolute Gasteiger partial charge is 0.253 e. The first-order valence-electron chi connectivity index (χ1n) is 9.01. The molecule has 0 atom stereocenters. The van der Waals surface area contributed by atoms with Crippen molar-refractivity contribution in [1.82, 2.24) is 14.7 Å². The summed E-state index contributed by atoms with van der Waals surface area (Å²) in [5.74, 6) is -1.65. The van der Waals surface area contributed by atoms with Gasteiger partial charge in [0.1, 0.15) is 12.4 Å². The molecule has 0 aliphatic carbocycles. The van der Waals surface area contributed by atoms with Crippen LogP contribution in [0.5, 0.6) is 5.75 Å². The number of carbonyl (C=O) groups is 1. The third kappa shape index (κ3) is 5.20. The Labute approximate surface area is 176 Å². The molecule has 0 aliphatic heterocycles. The van der Waals surface area contributed by atoms with Gasteiger partial charge in [-0.05, 0) is 52.7 Å². The molecule has 2 aromatic carbocycles. The number of hydrogen-bond donors (Lipinski definition) is 0. The van der Waals surface area contributed by atoms with Crippen LogP contribution >= 0.6 is 15.9 Å². The molecule has 152 valence electrons. The lowest BCUT2D eigenvalue weighted by molar-refractivity contribution is 0.0782. The minimum atomic E-state index is -0.769. The number of halogens is 3. The molecule has 3 rings (SSSR count). The van der Waals surface area contributed by atoms with Crippen molar-refractivity contribution >= 4 is 21.8 Å². The van der Waals surface area contributed by atoms with E-state index in [1.165, 1.54) is 6.07 Å². The van der Waals surface area contributed by atoms with E-state index < -0.39 is 11.6 Å². The predicted molar refractivity (Wildman–Crippen MR) is 109 cm³/mol. The van der Waals surface area contributed by atoms with Gasteiger partial charge in [0, 0.05) is 31.4 Å². The summed E-state index contributed by atoms with van der Waals surface area (Å²) in [6, 6.07) is 10.1. The first-order valence-corrected chi connectivity index (χ1v) is 9.80. The molecule has 8 heteroatoms. The highest BCUT2D eigenvalue weighted by atomic mass is 79.9. The van der Waals surface area contributed by atoms with Crippen molar-refractivity contribution in [3.05, 3.63) is 81.6 Å². The molecule has 0 spiro atoms. The van der Waals surface area contributed by atoms with Gasteiger partial charge in [-0.1, -0.05) is 12.1 Å². The van der Waals surface area contributed by atoms with Crippen LogP contribution in [0.1, 0.15) is 28.5 Å². The molecule has 1 aromatic heterocycles. The second kappa shape index (κ2) is 9.17. The Morgan fingerprint density at radius 1 is 1.24 bits per heavy atom. The standard InChI is InChI=1S/C21H20BrF2N3O2/c1-3-27-11-17(22)19(25-27)12-26(2)21(28)15-6-4-5-14(9-15)13-29-20-8-7-16(23)10-18(20)24/h4-11H,3,12-13H2,1-2H3.